The lowest BCUT2D eigenvalue weighted by Gasteiger charge is -2.43. The predicted molar refractivity (Wildman–Crippen MR) is 79.5 cm³/mol. The summed E-state index contributed by atoms with van der Waals surface area (Å²) in [6, 6.07) is 8.47. The minimum absolute atomic E-state index is 0.276. The molecule has 100 valence electrons. The lowest BCUT2D eigenvalue weighted by Crippen LogP contribution is -2.53. The van der Waals surface area contributed by atoms with Gasteiger partial charge in [0.15, 0.2) is 0 Å². The fourth-order valence-electron chi connectivity index (χ4n) is 2.55. The summed E-state index contributed by atoms with van der Waals surface area (Å²) < 4.78 is 0. The van der Waals surface area contributed by atoms with E-state index >= 15 is 0 Å². The third-order valence-corrected chi connectivity index (χ3v) is 3.99. The van der Waals surface area contributed by atoms with Crippen LogP contribution in [0.1, 0.15) is 26.3 Å². The smallest absolute Gasteiger partial charge is 0.0494 e. The van der Waals surface area contributed by atoms with E-state index in [1.807, 2.05) is 0 Å². The van der Waals surface area contributed by atoms with Gasteiger partial charge in [0.05, 0.1) is 0 Å². The van der Waals surface area contributed by atoms with E-state index in [0.29, 0.717) is 5.88 Å². The van der Waals surface area contributed by atoms with Gasteiger partial charge in [-0.2, -0.15) is 0 Å². The maximum absolute atomic E-state index is 6.02. The van der Waals surface area contributed by atoms with Crippen LogP contribution in [0.3, 0.4) is 0 Å². The number of nitrogens with zero attached hydrogens (tertiary/aromatic N) is 2. The highest BCUT2D eigenvalue weighted by molar-refractivity contribution is 6.17. The van der Waals surface area contributed by atoms with E-state index in [1.165, 1.54) is 11.3 Å². The van der Waals surface area contributed by atoms with Gasteiger partial charge in [0.25, 0.3) is 0 Å². The average molecular weight is 267 g/mol. The molecule has 1 aliphatic heterocycles. The van der Waals surface area contributed by atoms with Crippen LogP contribution in [0.15, 0.2) is 24.3 Å². The molecule has 0 spiro atoms. The quantitative estimate of drug-likeness (QED) is 0.758. The second-order valence-corrected chi connectivity index (χ2v) is 6.17. The number of rotatable bonds is 2. The van der Waals surface area contributed by atoms with E-state index in [9.17, 15) is 0 Å². The predicted octanol–water partition coefficient (Wildman–Crippen LogP) is 3.35. The van der Waals surface area contributed by atoms with Gasteiger partial charge in [0.2, 0.25) is 0 Å². The Kier molecular flexibility index (Phi) is 4.18. The first-order valence-corrected chi connectivity index (χ1v) is 7.19. The zero-order valence-electron chi connectivity index (χ0n) is 11.6. The Labute approximate surface area is 116 Å². The van der Waals surface area contributed by atoms with Crippen molar-refractivity contribution in [2.24, 2.45) is 0 Å². The summed E-state index contributed by atoms with van der Waals surface area (Å²) in [6.07, 6.45) is 0. The van der Waals surface area contributed by atoms with Crippen molar-refractivity contribution in [1.29, 1.82) is 0 Å². The molecule has 18 heavy (non-hydrogen) atoms. The molecule has 0 amide bonds. The molecule has 0 saturated carbocycles. The highest BCUT2D eigenvalue weighted by Crippen LogP contribution is 2.25. The van der Waals surface area contributed by atoms with Gasteiger partial charge in [-0.25, -0.2) is 0 Å². The maximum atomic E-state index is 6.02. The number of halogens is 1. The molecule has 1 aromatic rings. The SMILES string of the molecule is CC(C)(C)N1CCN(c2ccccc2CCl)CC1. The van der Waals surface area contributed by atoms with E-state index in [0.717, 1.165) is 26.2 Å². The van der Waals surface area contributed by atoms with Gasteiger partial charge in [-0.15, -0.1) is 11.6 Å². The second-order valence-electron chi connectivity index (χ2n) is 5.91. The van der Waals surface area contributed by atoms with E-state index < -0.39 is 0 Å². The van der Waals surface area contributed by atoms with Gasteiger partial charge in [-0.3, -0.25) is 4.90 Å². The summed E-state index contributed by atoms with van der Waals surface area (Å²) in [4.78, 5) is 5.01. The Bertz CT molecular complexity index is 390. The van der Waals surface area contributed by atoms with Crippen LogP contribution in [-0.4, -0.2) is 36.6 Å². The summed E-state index contributed by atoms with van der Waals surface area (Å²) in [5.41, 5.74) is 2.82. The highest BCUT2D eigenvalue weighted by Gasteiger charge is 2.26. The summed E-state index contributed by atoms with van der Waals surface area (Å²) in [6.45, 7) is 11.3. The van der Waals surface area contributed by atoms with Crippen molar-refractivity contribution in [3.8, 4) is 0 Å². The van der Waals surface area contributed by atoms with E-state index in [1.54, 1.807) is 0 Å². The highest BCUT2D eigenvalue weighted by atomic mass is 35.5. The van der Waals surface area contributed by atoms with Crippen molar-refractivity contribution in [1.82, 2.24) is 4.90 Å². The molecule has 0 radical (unpaired) electrons. The van der Waals surface area contributed by atoms with Gasteiger partial charge in [-0.05, 0) is 32.4 Å². The third-order valence-electron chi connectivity index (χ3n) is 3.70. The molecule has 2 rings (SSSR count). The molecular weight excluding hydrogens is 244 g/mol. The van der Waals surface area contributed by atoms with Crippen LogP contribution in [-0.2, 0) is 5.88 Å². The molecular formula is C15H23ClN2. The van der Waals surface area contributed by atoms with Crippen LogP contribution >= 0.6 is 11.6 Å². The van der Waals surface area contributed by atoms with Crippen LogP contribution < -0.4 is 4.90 Å². The van der Waals surface area contributed by atoms with Gasteiger partial charge in [-0.1, -0.05) is 18.2 Å². The van der Waals surface area contributed by atoms with Crippen molar-refractivity contribution in [3.05, 3.63) is 29.8 Å². The number of alkyl halides is 1. The van der Waals surface area contributed by atoms with Gasteiger partial charge >= 0.3 is 0 Å². The molecule has 0 N–H and O–H groups in total. The van der Waals surface area contributed by atoms with Crippen molar-refractivity contribution < 1.29 is 0 Å². The summed E-state index contributed by atoms with van der Waals surface area (Å²) >= 11 is 6.02. The molecule has 0 bridgehead atoms. The molecule has 0 aliphatic carbocycles. The van der Waals surface area contributed by atoms with Crippen molar-refractivity contribution in [3.63, 3.8) is 0 Å². The summed E-state index contributed by atoms with van der Waals surface area (Å²) in [5.74, 6) is 0.593. The summed E-state index contributed by atoms with van der Waals surface area (Å²) in [7, 11) is 0. The minimum Gasteiger partial charge on any atom is -0.369 e. The molecule has 1 saturated heterocycles. The third kappa shape index (κ3) is 2.99. The topological polar surface area (TPSA) is 6.48 Å². The first-order valence-electron chi connectivity index (χ1n) is 6.66. The monoisotopic (exact) mass is 266 g/mol. The fourth-order valence-corrected chi connectivity index (χ4v) is 2.78. The zero-order valence-corrected chi connectivity index (χ0v) is 12.4. The van der Waals surface area contributed by atoms with Crippen LogP contribution in [0.25, 0.3) is 0 Å². The molecule has 1 aliphatic rings. The van der Waals surface area contributed by atoms with Gasteiger partial charge in [0, 0.05) is 43.3 Å². The van der Waals surface area contributed by atoms with Crippen LogP contribution in [0.2, 0.25) is 0 Å². The van der Waals surface area contributed by atoms with Crippen molar-refractivity contribution >= 4 is 17.3 Å². The fraction of sp³-hybridized carbons (Fsp3) is 0.600. The zero-order chi connectivity index (χ0) is 13.2. The lowest BCUT2D eigenvalue weighted by atomic mass is 10.0. The van der Waals surface area contributed by atoms with Crippen LogP contribution in [0, 0.1) is 0 Å². The van der Waals surface area contributed by atoms with E-state index in [2.05, 4.69) is 54.8 Å². The Morgan fingerprint density at radius 3 is 2.22 bits per heavy atom. The molecule has 0 unspecified atom stereocenters. The molecule has 3 heteroatoms. The van der Waals surface area contributed by atoms with Crippen LogP contribution in [0.5, 0.6) is 0 Å². The largest absolute Gasteiger partial charge is 0.369 e. The van der Waals surface area contributed by atoms with Gasteiger partial charge < -0.3 is 4.90 Å². The second kappa shape index (κ2) is 5.50. The van der Waals surface area contributed by atoms with E-state index in [4.69, 9.17) is 11.6 Å². The maximum Gasteiger partial charge on any atom is 0.0494 e. The number of piperazine rings is 1. The van der Waals surface area contributed by atoms with Crippen LogP contribution in [0.4, 0.5) is 5.69 Å². The Hall–Kier alpha value is -0.730. The first kappa shape index (κ1) is 13.7. The number of hydrogen-bond acceptors (Lipinski definition) is 2. The van der Waals surface area contributed by atoms with E-state index in [-0.39, 0.29) is 5.54 Å². The average Bonchev–Trinajstić information content (AvgIpc) is 2.38. The number of anilines is 1. The molecule has 1 fully saturated rings. The molecule has 1 aromatic carbocycles. The number of para-hydroxylation sites is 1. The Balaban J connectivity index is 2.06. The Morgan fingerprint density at radius 2 is 1.67 bits per heavy atom. The number of hydrogen-bond donors (Lipinski definition) is 0. The van der Waals surface area contributed by atoms with Crippen molar-refractivity contribution in [2.75, 3.05) is 31.1 Å². The summed E-state index contributed by atoms with van der Waals surface area (Å²) in [5, 5.41) is 0. The molecule has 1 heterocycles. The van der Waals surface area contributed by atoms with Gasteiger partial charge in [0.1, 0.15) is 0 Å². The first-order chi connectivity index (χ1) is 8.52. The molecule has 0 atom stereocenters. The standard InChI is InChI=1S/C15H23ClN2/c1-15(2,3)18-10-8-17(9-11-18)14-7-5-4-6-13(14)12-16/h4-7H,8-12H2,1-3H3. The van der Waals surface area contributed by atoms with Crippen molar-refractivity contribution in [2.45, 2.75) is 32.2 Å². The number of benzene rings is 1. The normalized spacial score (nSPS) is 18.1. The molecule has 2 nitrogen and oxygen atoms in total. The minimum atomic E-state index is 0.276. The Morgan fingerprint density at radius 1 is 1.06 bits per heavy atom. The lowest BCUT2D eigenvalue weighted by molar-refractivity contribution is 0.128. The molecule has 0 aromatic heterocycles.